The number of aromatic amines is 1. The van der Waals surface area contributed by atoms with E-state index in [0.717, 1.165) is 11.1 Å². The molecule has 7 heteroatoms. The van der Waals surface area contributed by atoms with Gasteiger partial charge in [0.1, 0.15) is 17.0 Å². The number of furan rings is 1. The van der Waals surface area contributed by atoms with Gasteiger partial charge in [-0.25, -0.2) is 9.78 Å². The summed E-state index contributed by atoms with van der Waals surface area (Å²) in [6.45, 7) is 4.15. The van der Waals surface area contributed by atoms with Gasteiger partial charge >= 0.3 is 6.16 Å². The van der Waals surface area contributed by atoms with Crippen molar-refractivity contribution in [2.24, 2.45) is 0 Å². The summed E-state index contributed by atoms with van der Waals surface area (Å²) in [4.78, 5) is 18.7. The maximum Gasteiger partial charge on any atom is 0.511 e. The number of benzene rings is 3. The molecule has 31 heavy (non-hydrogen) atoms. The quantitative estimate of drug-likeness (QED) is 0.246. The molecule has 2 heterocycles. The van der Waals surface area contributed by atoms with Crippen LogP contribution in [-0.4, -0.2) is 26.3 Å². The number of phenols is 1. The molecule has 0 aliphatic heterocycles. The van der Waals surface area contributed by atoms with E-state index in [1.165, 1.54) is 17.2 Å². The van der Waals surface area contributed by atoms with E-state index in [1.807, 2.05) is 12.1 Å². The topological polar surface area (TPSA) is 109 Å². The fourth-order valence-electron chi connectivity index (χ4n) is 3.69. The number of phenolic OH excluding ortho intramolecular Hbond substituents is 1. The van der Waals surface area contributed by atoms with Crippen LogP contribution in [0.25, 0.3) is 44.5 Å². The Hall–Kier alpha value is -4.26. The Balaban J connectivity index is 1.58. The van der Waals surface area contributed by atoms with Gasteiger partial charge < -0.3 is 24.4 Å². The van der Waals surface area contributed by atoms with Gasteiger partial charge in [0, 0.05) is 11.6 Å². The zero-order valence-electron chi connectivity index (χ0n) is 16.8. The third-order valence-electron chi connectivity index (χ3n) is 5.40. The highest BCUT2D eigenvalue weighted by atomic mass is 16.7. The summed E-state index contributed by atoms with van der Waals surface area (Å²) in [7, 11) is 0. The molecule has 0 saturated heterocycles. The summed E-state index contributed by atoms with van der Waals surface area (Å²) in [5, 5.41) is 20.4. The lowest BCUT2D eigenvalue weighted by Crippen LogP contribution is -2.02. The number of ether oxygens (including phenoxy) is 1. The molecule has 0 radical (unpaired) electrons. The lowest BCUT2D eigenvalue weighted by Gasteiger charge is -2.05. The Morgan fingerprint density at radius 2 is 1.87 bits per heavy atom. The molecule has 3 N–H and O–H groups in total. The molecule has 5 rings (SSSR count). The van der Waals surface area contributed by atoms with Crippen molar-refractivity contribution in [3.63, 3.8) is 0 Å². The molecular weight excluding hydrogens is 396 g/mol. The van der Waals surface area contributed by atoms with Crippen molar-refractivity contribution in [2.75, 3.05) is 0 Å². The second-order valence-electron chi connectivity index (χ2n) is 7.45. The highest BCUT2D eigenvalue weighted by Crippen LogP contribution is 2.37. The first-order chi connectivity index (χ1) is 14.9. The second kappa shape index (κ2) is 6.91. The van der Waals surface area contributed by atoms with Gasteiger partial charge in [-0.3, -0.25) is 0 Å². The van der Waals surface area contributed by atoms with Crippen LogP contribution in [-0.2, 0) is 0 Å². The van der Waals surface area contributed by atoms with Crippen LogP contribution in [0.5, 0.6) is 11.5 Å². The highest BCUT2D eigenvalue weighted by molar-refractivity contribution is 6.08. The summed E-state index contributed by atoms with van der Waals surface area (Å²) < 4.78 is 10.4. The number of aromatic nitrogens is 2. The van der Waals surface area contributed by atoms with Gasteiger partial charge in [0.05, 0.1) is 17.2 Å². The number of H-pyrrole nitrogens is 1. The highest BCUT2D eigenvalue weighted by Gasteiger charge is 2.16. The van der Waals surface area contributed by atoms with Crippen LogP contribution in [0.3, 0.4) is 0 Å². The number of carboxylic acid groups (broad SMARTS) is 1. The largest absolute Gasteiger partial charge is 0.511 e. The van der Waals surface area contributed by atoms with E-state index >= 15 is 0 Å². The van der Waals surface area contributed by atoms with Gasteiger partial charge in [-0.1, -0.05) is 24.3 Å². The van der Waals surface area contributed by atoms with Crippen molar-refractivity contribution in [1.29, 1.82) is 0 Å². The number of aromatic hydroxyl groups is 1. The molecule has 5 aromatic rings. The number of carbonyl (C=O) groups is 1. The summed E-state index contributed by atoms with van der Waals surface area (Å²) in [5.74, 6) is 1.02. The van der Waals surface area contributed by atoms with E-state index in [-0.39, 0.29) is 11.5 Å². The smallest absolute Gasteiger partial charge is 0.507 e. The molecule has 0 bridgehead atoms. The third-order valence-corrected chi connectivity index (χ3v) is 5.40. The number of imidazole rings is 1. The predicted molar refractivity (Wildman–Crippen MR) is 117 cm³/mol. The summed E-state index contributed by atoms with van der Waals surface area (Å²) in [5.41, 5.74) is 5.71. The Bertz CT molecular complexity index is 1480. The molecule has 0 atom stereocenters. The number of hydrogen-bond acceptors (Lipinski definition) is 5. The standard InChI is InChI=1S/C24H18N2O5/c1-12-3-4-14(7-13(12)2)16-9-20(30-11-16)23-25-18-6-5-15-8-17(31-24(28)29)10-19(27)21(15)22(18)26-23/h3-11,27H,1-2H3,(H,25,26)(H,28,29). The minimum absolute atomic E-state index is 0.0386. The number of fused-ring (bicyclic) bond motifs is 3. The van der Waals surface area contributed by atoms with Gasteiger partial charge in [-0.2, -0.15) is 0 Å². The van der Waals surface area contributed by atoms with Crippen molar-refractivity contribution >= 4 is 28.0 Å². The number of nitrogens with zero attached hydrogens (tertiary/aromatic N) is 1. The van der Waals surface area contributed by atoms with E-state index in [9.17, 15) is 9.90 Å². The molecule has 7 nitrogen and oxygen atoms in total. The van der Waals surface area contributed by atoms with Crippen molar-refractivity contribution in [3.8, 4) is 34.2 Å². The van der Waals surface area contributed by atoms with Crippen molar-refractivity contribution in [3.05, 3.63) is 65.9 Å². The molecular formula is C24H18N2O5. The van der Waals surface area contributed by atoms with Crippen LogP contribution in [0.15, 0.2) is 59.2 Å². The number of nitrogens with one attached hydrogen (secondary N) is 1. The fraction of sp³-hybridized carbons (Fsp3) is 0.0833. The molecule has 0 spiro atoms. The molecule has 3 aromatic carbocycles. The first-order valence-electron chi connectivity index (χ1n) is 9.62. The maximum atomic E-state index is 10.8. The van der Waals surface area contributed by atoms with Crippen LogP contribution < -0.4 is 4.74 Å². The van der Waals surface area contributed by atoms with E-state index in [2.05, 4.69) is 46.8 Å². The monoisotopic (exact) mass is 414 g/mol. The molecule has 2 aromatic heterocycles. The van der Waals surface area contributed by atoms with Crippen molar-refractivity contribution in [2.45, 2.75) is 13.8 Å². The molecule has 0 fully saturated rings. The van der Waals surface area contributed by atoms with E-state index < -0.39 is 6.16 Å². The van der Waals surface area contributed by atoms with Gasteiger partial charge in [-0.15, -0.1) is 0 Å². The normalized spacial score (nSPS) is 11.3. The van der Waals surface area contributed by atoms with Crippen LogP contribution in [0.2, 0.25) is 0 Å². The molecule has 154 valence electrons. The average Bonchev–Trinajstić information content (AvgIpc) is 3.36. The zero-order valence-corrected chi connectivity index (χ0v) is 16.8. The summed E-state index contributed by atoms with van der Waals surface area (Å²) >= 11 is 0. The van der Waals surface area contributed by atoms with Gasteiger partial charge in [0.2, 0.25) is 0 Å². The van der Waals surface area contributed by atoms with E-state index in [4.69, 9.17) is 9.52 Å². The zero-order chi connectivity index (χ0) is 21.7. The van der Waals surface area contributed by atoms with Crippen LogP contribution in [0.4, 0.5) is 4.79 Å². The lowest BCUT2D eigenvalue weighted by molar-refractivity contribution is 0.144. The van der Waals surface area contributed by atoms with Crippen molar-refractivity contribution < 1.29 is 24.2 Å². The summed E-state index contributed by atoms with van der Waals surface area (Å²) in [6.07, 6.45) is 0.247. The molecule has 0 unspecified atom stereocenters. The fourth-order valence-corrected chi connectivity index (χ4v) is 3.69. The predicted octanol–water partition coefficient (Wildman–Crippen LogP) is 6.02. The van der Waals surface area contributed by atoms with E-state index in [1.54, 1.807) is 18.4 Å². The van der Waals surface area contributed by atoms with Crippen LogP contribution >= 0.6 is 0 Å². The van der Waals surface area contributed by atoms with Crippen LogP contribution in [0, 0.1) is 13.8 Å². The molecule has 0 aliphatic rings. The minimum Gasteiger partial charge on any atom is -0.507 e. The van der Waals surface area contributed by atoms with Crippen LogP contribution in [0.1, 0.15) is 11.1 Å². The number of aryl methyl sites for hydroxylation is 2. The Kier molecular flexibility index (Phi) is 4.18. The third kappa shape index (κ3) is 3.26. The Morgan fingerprint density at radius 1 is 1.03 bits per heavy atom. The molecule has 0 amide bonds. The number of hydrogen-bond donors (Lipinski definition) is 3. The van der Waals surface area contributed by atoms with Crippen molar-refractivity contribution in [1.82, 2.24) is 9.97 Å². The Labute approximate surface area is 176 Å². The Morgan fingerprint density at radius 3 is 2.65 bits per heavy atom. The second-order valence-corrected chi connectivity index (χ2v) is 7.45. The minimum atomic E-state index is -1.45. The molecule has 0 aliphatic carbocycles. The average molecular weight is 414 g/mol. The van der Waals surface area contributed by atoms with Gasteiger partial charge in [-0.05, 0) is 54.1 Å². The first-order valence-corrected chi connectivity index (χ1v) is 9.62. The van der Waals surface area contributed by atoms with Gasteiger partial charge in [0.15, 0.2) is 11.6 Å². The summed E-state index contributed by atoms with van der Waals surface area (Å²) in [6, 6.07) is 14.5. The SMILES string of the molecule is Cc1ccc(-c2coc(-c3nc4c(ccc5cc(OC(=O)O)cc(O)c54)[nH]3)c2)cc1C. The first kappa shape index (κ1) is 18.7. The van der Waals surface area contributed by atoms with E-state index in [0.29, 0.717) is 33.4 Å². The number of rotatable bonds is 3. The molecule has 0 saturated carbocycles. The lowest BCUT2D eigenvalue weighted by atomic mass is 10.0. The van der Waals surface area contributed by atoms with Gasteiger partial charge in [0.25, 0.3) is 0 Å². The maximum absolute atomic E-state index is 10.8.